The lowest BCUT2D eigenvalue weighted by molar-refractivity contribution is -0.156. The molecule has 0 amide bonds. The fourth-order valence-corrected chi connectivity index (χ4v) is 6.93. The van der Waals surface area contributed by atoms with Crippen molar-refractivity contribution in [3.8, 4) is 11.1 Å². The smallest absolute Gasteiger partial charge is 0.311 e. The fourth-order valence-electron chi connectivity index (χ4n) is 6.93. The summed E-state index contributed by atoms with van der Waals surface area (Å²) in [4.78, 5) is 23.3. The molecule has 4 fully saturated rings. The zero-order valence-electron chi connectivity index (χ0n) is 23.8. The monoisotopic (exact) mass is 545 g/mol. The van der Waals surface area contributed by atoms with E-state index in [2.05, 4.69) is 27.1 Å². The number of amidine groups is 1. The van der Waals surface area contributed by atoms with E-state index >= 15 is 0 Å². The predicted octanol–water partition coefficient (Wildman–Crippen LogP) is 6.20. The average Bonchev–Trinajstić information content (AvgIpc) is 3.87. The lowest BCUT2D eigenvalue weighted by atomic mass is 9.80. The van der Waals surface area contributed by atoms with Gasteiger partial charge in [-0.2, -0.15) is 0 Å². The van der Waals surface area contributed by atoms with Gasteiger partial charge in [0.2, 0.25) is 0 Å². The van der Waals surface area contributed by atoms with Crippen molar-refractivity contribution in [3.63, 3.8) is 0 Å². The largest absolute Gasteiger partial charge is 0.466 e. The minimum absolute atomic E-state index is 0.0773. The molecule has 2 aromatic carbocycles. The van der Waals surface area contributed by atoms with Gasteiger partial charge in [-0.1, -0.05) is 29.4 Å². The van der Waals surface area contributed by atoms with Crippen molar-refractivity contribution in [1.29, 1.82) is 0 Å². The molecule has 212 valence electrons. The second-order valence-electron chi connectivity index (χ2n) is 13.1. The molecule has 1 spiro atoms. The summed E-state index contributed by atoms with van der Waals surface area (Å²) < 4.78 is 19.0. The molecule has 5 aliphatic rings. The van der Waals surface area contributed by atoms with Gasteiger partial charge in [0, 0.05) is 32.7 Å². The zero-order chi connectivity index (χ0) is 27.5. The van der Waals surface area contributed by atoms with Crippen LogP contribution in [0.1, 0.15) is 87.3 Å². The number of ether oxygens (including phenoxy) is 1. The van der Waals surface area contributed by atoms with Crippen LogP contribution in [0.4, 0.5) is 4.39 Å². The summed E-state index contributed by atoms with van der Waals surface area (Å²) in [5.41, 5.74) is 6.18. The fraction of sp³-hybridized carbons (Fsp3) is 0.576. The van der Waals surface area contributed by atoms with Gasteiger partial charge in [-0.3, -0.25) is 9.69 Å². The van der Waals surface area contributed by atoms with Crippen LogP contribution in [0.25, 0.3) is 11.1 Å². The molecule has 2 aromatic rings. The van der Waals surface area contributed by atoms with Gasteiger partial charge in [0.25, 0.3) is 0 Å². The van der Waals surface area contributed by atoms with Gasteiger partial charge < -0.3 is 14.5 Å². The van der Waals surface area contributed by atoms with E-state index in [1.165, 1.54) is 47.9 Å². The Bertz CT molecular complexity index is 1320. The number of halogens is 1. The van der Waals surface area contributed by atoms with Crippen molar-refractivity contribution in [3.05, 3.63) is 58.9 Å². The first kappa shape index (κ1) is 26.0. The number of carbonyl (C=O) groups is 1. The van der Waals surface area contributed by atoms with Gasteiger partial charge in [0.15, 0.2) is 5.60 Å². The third kappa shape index (κ3) is 4.91. The molecular formula is C33H40FN3O3. The van der Waals surface area contributed by atoms with E-state index < -0.39 is 5.41 Å². The molecule has 0 radical (unpaired) electrons. The standard InChI is InChI=1S/C33H40FN3O3/c1-3-39-31(38)32(2)12-14-37(15-13-32)30-18-33(40-35-30)20-36(21-33)19-25-16-28(23-6-7-23)29(17-27(25)22-4-5-22)24-8-10-26(34)11-9-24/h8-11,16-17,22-23H,3-7,12-15,18-21H2,1-2H3. The first-order valence-corrected chi connectivity index (χ1v) is 15.2. The molecule has 2 saturated heterocycles. The Morgan fingerprint density at radius 3 is 2.38 bits per heavy atom. The van der Waals surface area contributed by atoms with Crippen molar-refractivity contribution in [2.45, 2.75) is 82.8 Å². The summed E-state index contributed by atoms with van der Waals surface area (Å²) in [6, 6.07) is 11.9. The third-order valence-electron chi connectivity index (χ3n) is 9.74. The first-order chi connectivity index (χ1) is 19.3. The Balaban J connectivity index is 1.01. The van der Waals surface area contributed by atoms with Crippen molar-refractivity contribution >= 4 is 11.8 Å². The summed E-state index contributed by atoms with van der Waals surface area (Å²) >= 11 is 0. The molecule has 2 saturated carbocycles. The number of piperidine rings is 1. The van der Waals surface area contributed by atoms with Gasteiger partial charge in [-0.25, -0.2) is 4.39 Å². The predicted molar refractivity (Wildman–Crippen MR) is 152 cm³/mol. The van der Waals surface area contributed by atoms with E-state index in [0.29, 0.717) is 18.4 Å². The molecule has 0 bridgehead atoms. The number of hydrogen-bond donors (Lipinski definition) is 0. The second-order valence-corrected chi connectivity index (χ2v) is 13.1. The van der Waals surface area contributed by atoms with Crippen LogP contribution < -0.4 is 0 Å². The van der Waals surface area contributed by atoms with E-state index in [-0.39, 0.29) is 17.4 Å². The summed E-state index contributed by atoms with van der Waals surface area (Å²) in [5, 5.41) is 4.53. The van der Waals surface area contributed by atoms with Crippen LogP contribution in [0.15, 0.2) is 41.6 Å². The Hall–Kier alpha value is -2.93. The van der Waals surface area contributed by atoms with E-state index in [1.54, 1.807) is 12.1 Å². The summed E-state index contributed by atoms with van der Waals surface area (Å²) in [7, 11) is 0. The molecule has 0 aromatic heterocycles. The first-order valence-electron chi connectivity index (χ1n) is 15.2. The SMILES string of the molecule is CCOC(=O)C1(C)CCN(C2=NOC3(C2)CN(Cc2cc(C4CC4)c(-c4ccc(F)cc4)cc2C2CC2)C3)CC1. The Kier molecular flexibility index (Phi) is 6.41. The van der Waals surface area contributed by atoms with E-state index in [1.807, 2.05) is 26.0 Å². The molecule has 3 aliphatic heterocycles. The molecule has 0 unspecified atom stereocenters. The summed E-state index contributed by atoms with van der Waals surface area (Å²) in [6.07, 6.45) is 7.41. The number of nitrogens with zero attached hydrogens (tertiary/aromatic N) is 3. The number of esters is 1. The maximum absolute atomic E-state index is 13.6. The van der Waals surface area contributed by atoms with Crippen molar-refractivity contribution in [2.75, 3.05) is 32.8 Å². The Labute approximate surface area is 236 Å². The summed E-state index contributed by atoms with van der Waals surface area (Å²) in [5.74, 6) is 2.04. The highest BCUT2D eigenvalue weighted by atomic mass is 19.1. The zero-order valence-corrected chi connectivity index (χ0v) is 23.8. The molecule has 6 nitrogen and oxygen atoms in total. The molecule has 0 atom stereocenters. The second kappa shape index (κ2) is 9.86. The van der Waals surface area contributed by atoms with Crippen LogP contribution in [0.3, 0.4) is 0 Å². The normalized spacial score (nSPS) is 23.5. The molecule has 7 heteroatoms. The highest BCUT2D eigenvalue weighted by Crippen LogP contribution is 2.50. The highest BCUT2D eigenvalue weighted by Gasteiger charge is 2.51. The highest BCUT2D eigenvalue weighted by molar-refractivity contribution is 5.85. The minimum atomic E-state index is -0.400. The topological polar surface area (TPSA) is 54.4 Å². The van der Waals surface area contributed by atoms with Crippen molar-refractivity contribution in [1.82, 2.24) is 9.80 Å². The number of rotatable bonds is 7. The van der Waals surface area contributed by atoms with Gasteiger partial charge >= 0.3 is 5.97 Å². The Morgan fingerprint density at radius 1 is 1.05 bits per heavy atom. The number of oxime groups is 1. The molecule has 3 heterocycles. The number of benzene rings is 2. The number of hydrogen-bond acceptors (Lipinski definition) is 6. The number of likely N-dealkylation sites (tertiary alicyclic amines) is 2. The lowest BCUT2D eigenvalue weighted by Gasteiger charge is -2.46. The van der Waals surface area contributed by atoms with E-state index in [9.17, 15) is 9.18 Å². The van der Waals surface area contributed by atoms with E-state index in [4.69, 9.17) is 9.57 Å². The summed E-state index contributed by atoms with van der Waals surface area (Å²) in [6.45, 7) is 8.66. The maximum atomic E-state index is 13.6. The van der Waals surface area contributed by atoms with Gasteiger partial charge in [-0.15, -0.1) is 0 Å². The quantitative estimate of drug-likeness (QED) is 0.388. The molecule has 7 rings (SSSR count). The van der Waals surface area contributed by atoms with Crippen LogP contribution in [-0.2, 0) is 20.9 Å². The van der Waals surface area contributed by atoms with Crippen LogP contribution >= 0.6 is 0 Å². The van der Waals surface area contributed by atoms with Crippen LogP contribution in [0.5, 0.6) is 0 Å². The molecule has 0 N–H and O–H groups in total. The van der Waals surface area contributed by atoms with Crippen molar-refractivity contribution in [2.24, 2.45) is 10.6 Å². The van der Waals surface area contributed by atoms with Crippen molar-refractivity contribution < 1.29 is 18.8 Å². The lowest BCUT2D eigenvalue weighted by Crippen LogP contribution is -2.61. The van der Waals surface area contributed by atoms with Gasteiger partial charge in [-0.05, 0) is 104 Å². The molecule has 40 heavy (non-hydrogen) atoms. The molecule has 2 aliphatic carbocycles. The van der Waals surface area contributed by atoms with Gasteiger partial charge in [0.05, 0.1) is 18.4 Å². The molecular weight excluding hydrogens is 505 g/mol. The van der Waals surface area contributed by atoms with Crippen LogP contribution in [-0.4, -0.2) is 60.0 Å². The maximum Gasteiger partial charge on any atom is 0.311 e. The van der Waals surface area contributed by atoms with E-state index in [0.717, 1.165) is 63.4 Å². The Morgan fingerprint density at radius 2 is 1.73 bits per heavy atom. The van der Waals surface area contributed by atoms with Crippen LogP contribution in [0.2, 0.25) is 0 Å². The average molecular weight is 546 g/mol. The van der Waals surface area contributed by atoms with Crippen LogP contribution in [0, 0.1) is 11.2 Å². The van der Waals surface area contributed by atoms with Gasteiger partial charge in [0.1, 0.15) is 11.7 Å². The number of carbonyl (C=O) groups excluding carboxylic acids is 1. The third-order valence-corrected chi connectivity index (χ3v) is 9.74. The minimum Gasteiger partial charge on any atom is -0.466 e.